The first-order valence-corrected chi connectivity index (χ1v) is 6.52. The molecule has 1 aromatic rings. The number of nitrogens with one attached hydrogen (secondary N) is 1. The van der Waals surface area contributed by atoms with Crippen LogP contribution in [0.1, 0.15) is 26.2 Å². The van der Waals surface area contributed by atoms with Crippen LogP contribution in [0.5, 0.6) is 5.88 Å². The van der Waals surface area contributed by atoms with E-state index < -0.39 is 0 Å². The fourth-order valence-corrected chi connectivity index (χ4v) is 2.35. The number of methoxy groups -OCH3 is 1. The molecule has 1 fully saturated rings. The number of hydrogen-bond acceptors (Lipinski definition) is 6. The van der Waals surface area contributed by atoms with Crippen LogP contribution in [0.3, 0.4) is 0 Å². The fourth-order valence-electron chi connectivity index (χ4n) is 2.35. The lowest BCUT2D eigenvalue weighted by atomic mass is 10.1. The van der Waals surface area contributed by atoms with Gasteiger partial charge in [0.05, 0.1) is 19.6 Å². The Balaban J connectivity index is 1.97. The lowest BCUT2D eigenvalue weighted by Gasteiger charge is -2.15. The molecule has 1 heterocycles. The van der Waals surface area contributed by atoms with Crippen molar-refractivity contribution in [2.75, 3.05) is 19.0 Å². The first-order chi connectivity index (χ1) is 9.24. The third-order valence-electron chi connectivity index (χ3n) is 3.25. The summed E-state index contributed by atoms with van der Waals surface area (Å²) < 4.78 is 10.2. The first kappa shape index (κ1) is 13.6. The van der Waals surface area contributed by atoms with Crippen molar-refractivity contribution in [3.05, 3.63) is 12.4 Å². The van der Waals surface area contributed by atoms with Crippen LogP contribution in [0.2, 0.25) is 0 Å². The number of carbonyl (C=O) groups is 1. The average molecular weight is 265 g/mol. The second-order valence-corrected chi connectivity index (χ2v) is 4.52. The molecule has 1 aromatic heterocycles. The number of aromatic nitrogens is 2. The van der Waals surface area contributed by atoms with E-state index in [1.54, 1.807) is 12.4 Å². The van der Waals surface area contributed by atoms with E-state index in [2.05, 4.69) is 15.3 Å². The summed E-state index contributed by atoms with van der Waals surface area (Å²) in [6, 6.07) is 0.208. The minimum Gasteiger partial charge on any atom is -0.475 e. The average Bonchev–Trinajstić information content (AvgIpc) is 2.89. The van der Waals surface area contributed by atoms with E-state index in [0.29, 0.717) is 18.3 Å². The van der Waals surface area contributed by atoms with Crippen molar-refractivity contribution in [2.45, 2.75) is 32.2 Å². The molecule has 0 amide bonds. The van der Waals surface area contributed by atoms with E-state index in [-0.39, 0.29) is 17.9 Å². The van der Waals surface area contributed by atoms with Gasteiger partial charge in [0.25, 0.3) is 5.88 Å². The highest BCUT2D eigenvalue weighted by Gasteiger charge is 2.31. The van der Waals surface area contributed by atoms with Crippen molar-refractivity contribution < 1.29 is 14.3 Å². The highest BCUT2D eigenvalue weighted by atomic mass is 16.5. The largest absolute Gasteiger partial charge is 0.475 e. The molecule has 19 heavy (non-hydrogen) atoms. The van der Waals surface area contributed by atoms with Gasteiger partial charge in [0.15, 0.2) is 5.82 Å². The smallest absolute Gasteiger partial charge is 0.308 e. The molecule has 0 aliphatic heterocycles. The van der Waals surface area contributed by atoms with Gasteiger partial charge in [-0.2, -0.15) is 0 Å². The fraction of sp³-hybridized carbons (Fsp3) is 0.615. The van der Waals surface area contributed by atoms with Crippen molar-refractivity contribution in [3.8, 4) is 5.88 Å². The topological polar surface area (TPSA) is 73.3 Å². The molecule has 0 unspecified atom stereocenters. The number of nitrogens with zero attached hydrogens (tertiary/aromatic N) is 2. The van der Waals surface area contributed by atoms with Gasteiger partial charge in [-0.3, -0.25) is 4.79 Å². The predicted octanol–water partition coefficient (Wildman–Crippen LogP) is 1.63. The Morgan fingerprint density at radius 3 is 2.95 bits per heavy atom. The van der Waals surface area contributed by atoms with Gasteiger partial charge in [-0.1, -0.05) is 0 Å². The number of carbonyl (C=O) groups excluding carboxylic acids is 1. The molecule has 6 heteroatoms. The summed E-state index contributed by atoms with van der Waals surface area (Å²) in [6.07, 6.45) is 5.74. The van der Waals surface area contributed by atoms with Gasteiger partial charge < -0.3 is 14.8 Å². The van der Waals surface area contributed by atoms with Gasteiger partial charge in [0.1, 0.15) is 0 Å². The number of hydrogen-bond donors (Lipinski definition) is 1. The minimum absolute atomic E-state index is 0.0188. The van der Waals surface area contributed by atoms with Crippen LogP contribution in [0, 0.1) is 5.92 Å². The summed E-state index contributed by atoms with van der Waals surface area (Å²) in [5.74, 6) is 0.995. The second kappa shape index (κ2) is 6.36. The Hall–Kier alpha value is -1.85. The summed E-state index contributed by atoms with van der Waals surface area (Å²) in [5.41, 5.74) is 0. The maximum Gasteiger partial charge on any atom is 0.308 e. The van der Waals surface area contributed by atoms with Gasteiger partial charge in [-0.15, -0.1) is 0 Å². The molecular formula is C13H19N3O3. The van der Waals surface area contributed by atoms with Crippen LogP contribution in [-0.2, 0) is 9.53 Å². The molecule has 0 radical (unpaired) electrons. The van der Waals surface area contributed by atoms with E-state index in [1.165, 1.54) is 7.11 Å². The molecule has 1 N–H and O–H groups in total. The highest BCUT2D eigenvalue weighted by Crippen LogP contribution is 2.30. The summed E-state index contributed by atoms with van der Waals surface area (Å²) in [6.45, 7) is 2.45. The maximum absolute atomic E-state index is 11.5. The lowest BCUT2D eigenvalue weighted by molar-refractivity contribution is -0.145. The Morgan fingerprint density at radius 2 is 2.21 bits per heavy atom. The van der Waals surface area contributed by atoms with E-state index in [0.717, 1.165) is 19.3 Å². The number of anilines is 1. The Kier molecular flexibility index (Phi) is 4.54. The summed E-state index contributed by atoms with van der Waals surface area (Å²) in [4.78, 5) is 19.9. The summed E-state index contributed by atoms with van der Waals surface area (Å²) in [5, 5.41) is 3.30. The Labute approximate surface area is 112 Å². The van der Waals surface area contributed by atoms with E-state index in [9.17, 15) is 4.79 Å². The molecule has 0 bridgehead atoms. The van der Waals surface area contributed by atoms with Gasteiger partial charge in [0, 0.05) is 18.4 Å². The molecule has 1 saturated carbocycles. The second-order valence-electron chi connectivity index (χ2n) is 4.52. The standard InChI is InChI=1S/C13H19N3O3/c1-3-19-12-11(14-6-7-15-12)16-10-5-4-9(8-10)13(17)18-2/h6-7,9-10H,3-5,8H2,1-2H3,(H,14,16)/t9-,10+/m0/s1. The van der Waals surface area contributed by atoms with Gasteiger partial charge in [-0.25, -0.2) is 9.97 Å². The quantitative estimate of drug-likeness (QED) is 0.816. The van der Waals surface area contributed by atoms with Crippen molar-refractivity contribution >= 4 is 11.8 Å². The molecular weight excluding hydrogens is 246 g/mol. The minimum atomic E-state index is -0.131. The van der Waals surface area contributed by atoms with Crippen LogP contribution < -0.4 is 10.1 Å². The Bertz CT molecular complexity index is 439. The van der Waals surface area contributed by atoms with Crippen LogP contribution in [0.25, 0.3) is 0 Å². The number of ether oxygens (including phenoxy) is 2. The maximum atomic E-state index is 11.5. The highest BCUT2D eigenvalue weighted by molar-refractivity contribution is 5.72. The van der Waals surface area contributed by atoms with E-state index in [1.807, 2.05) is 6.92 Å². The molecule has 2 atom stereocenters. The number of esters is 1. The van der Waals surface area contributed by atoms with Gasteiger partial charge in [0.2, 0.25) is 0 Å². The molecule has 6 nitrogen and oxygen atoms in total. The van der Waals surface area contributed by atoms with Crippen molar-refractivity contribution in [1.82, 2.24) is 9.97 Å². The monoisotopic (exact) mass is 265 g/mol. The molecule has 0 spiro atoms. The molecule has 1 aliphatic carbocycles. The third kappa shape index (κ3) is 3.33. The van der Waals surface area contributed by atoms with E-state index in [4.69, 9.17) is 9.47 Å². The normalized spacial score (nSPS) is 22.0. The van der Waals surface area contributed by atoms with Crippen LogP contribution in [0.4, 0.5) is 5.82 Å². The zero-order valence-corrected chi connectivity index (χ0v) is 11.3. The predicted molar refractivity (Wildman–Crippen MR) is 70.0 cm³/mol. The van der Waals surface area contributed by atoms with E-state index >= 15 is 0 Å². The van der Waals surface area contributed by atoms with Crippen LogP contribution in [-0.4, -0.2) is 35.7 Å². The Morgan fingerprint density at radius 1 is 1.42 bits per heavy atom. The van der Waals surface area contributed by atoms with Crippen LogP contribution in [0.15, 0.2) is 12.4 Å². The first-order valence-electron chi connectivity index (χ1n) is 6.52. The van der Waals surface area contributed by atoms with Gasteiger partial charge >= 0.3 is 5.97 Å². The summed E-state index contributed by atoms with van der Waals surface area (Å²) >= 11 is 0. The van der Waals surface area contributed by atoms with Crippen molar-refractivity contribution in [1.29, 1.82) is 0 Å². The van der Waals surface area contributed by atoms with Crippen molar-refractivity contribution in [3.63, 3.8) is 0 Å². The lowest BCUT2D eigenvalue weighted by Crippen LogP contribution is -2.20. The summed E-state index contributed by atoms with van der Waals surface area (Å²) in [7, 11) is 1.43. The molecule has 0 saturated heterocycles. The molecule has 2 rings (SSSR count). The molecule has 104 valence electrons. The van der Waals surface area contributed by atoms with Crippen molar-refractivity contribution in [2.24, 2.45) is 5.92 Å². The zero-order valence-electron chi connectivity index (χ0n) is 11.3. The number of rotatable bonds is 5. The van der Waals surface area contributed by atoms with Gasteiger partial charge in [-0.05, 0) is 26.2 Å². The SMILES string of the molecule is CCOc1nccnc1N[C@@H]1CC[C@H](C(=O)OC)C1. The third-order valence-corrected chi connectivity index (χ3v) is 3.25. The zero-order chi connectivity index (χ0) is 13.7. The van der Waals surface area contributed by atoms with Crippen LogP contribution >= 0.6 is 0 Å². The molecule has 0 aromatic carbocycles. The molecule has 1 aliphatic rings.